The molecular weight excluding hydrogens is 232 g/mol. The summed E-state index contributed by atoms with van der Waals surface area (Å²) in [5.74, 6) is 0.323. The third-order valence-corrected chi connectivity index (χ3v) is 3.49. The summed E-state index contributed by atoms with van der Waals surface area (Å²) < 4.78 is 0. The molecule has 0 spiro atoms. The standard InChI is InChI=1S/C15H21ClO/c1-4-6-7-12(5-2)15(17)13-10-11(3)8-9-14(13)16/h8-10,12H,4-7H2,1-3H3. The largest absolute Gasteiger partial charge is 0.294 e. The van der Waals surface area contributed by atoms with Gasteiger partial charge in [0.2, 0.25) is 0 Å². The van der Waals surface area contributed by atoms with Crippen molar-refractivity contribution in [3.05, 3.63) is 34.3 Å². The number of aryl methyl sites for hydroxylation is 1. The van der Waals surface area contributed by atoms with Crippen LogP contribution in [0.3, 0.4) is 0 Å². The van der Waals surface area contributed by atoms with Crippen LogP contribution in [0.25, 0.3) is 0 Å². The zero-order valence-corrected chi connectivity index (χ0v) is 11.7. The molecular formula is C15H21ClO. The second-order valence-electron chi connectivity index (χ2n) is 4.59. The molecule has 1 aromatic carbocycles. The number of unbranched alkanes of at least 4 members (excludes halogenated alkanes) is 1. The molecule has 0 fully saturated rings. The van der Waals surface area contributed by atoms with E-state index in [0.29, 0.717) is 10.6 Å². The Balaban J connectivity index is 2.89. The van der Waals surface area contributed by atoms with Gasteiger partial charge in [-0.1, -0.05) is 49.9 Å². The Labute approximate surface area is 109 Å². The predicted molar refractivity (Wildman–Crippen MR) is 73.8 cm³/mol. The van der Waals surface area contributed by atoms with Crippen molar-refractivity contribution in [3.63, 3.8) is 0 Å². The highest BCUT2D eigenvalue weighted by atomic mass is 35.5. The monoisotopic (exact) mass is 252 g/mol. The van der Waals surface area contributed by atoms with Gasteiger partial charge >= 0.3 is 0 Å². The van der Waals surface area contributed by atoms with Crippen LogP contribution in [0.4, 0.5) is 0 Å². The minimum Gasteiger partial charge on any atom is -0.294 e. The molecule has 0 bridgehead atoms. The van der Waals surface area contributed by atoms with E-state index in [1.807, 2.05) is 25.1 Å². The summed E-state index contributed by atoms with van der Waals surface area (Å²) in [4.78, 5) is 12.4. The highest BCUT2D eigenvalue weighted by Crippen LogP contribution is 2.24. The molecule has 1 unspecified atom stereocenters. The van der Waals surface area contributed by atoms with Crippen LogP contribution in [-0.2, 0) is 0 Å². The van der Waals surface area contributed by atoms with Gasteiger partial charge in [0.25, 0.3) is 0 Å². The Morgan fingerprint density at radius 1 is 1.35 bits per heavy atom. The van der Waals surface area contributed by atoms with Crippen molar-refractivity contribution in [2.45, 2.75) is 46.5 Å². The third-order valence-electron chi connectivity index (χ3n) is 3.16. The molecule has 0 aliphatic heterocycles. The molecule has 1 nitrogen and oxygen atoms in total. The third kappa shape index (κ3) is 3.85. The van der Waals surface area contributed by atoms with Gasteiger partial charge in [0.1, 0.15) is 0 Å². The van der Waals surface area contributed by atoms with Crippen molar-refractivity contribution in [2.24, 2.45) is 5.92 Å². The number of ketones is 1. The highest BCUT2D eigenvalue weighted by molar-refractivity contribution is 6.34. The first-order valence-electron chi connectivity index (χ1n) is 6.40. The maximum Gasteiger partial charge on any atom is 0.167 e. The van der Waals surface area contributed by atoms with Crippen LogP contribution in [0.2, 0.25) is 5.02 Å². The molecule has 1 aromatic rings. The number of halogens is 1. The molecule has 0 radical (unpaired) electrons. The fourth-order valence-corrected chi connectivity index (χ4v) is 2.23. The average molecular weight is 253 g/mol. The Morgan fingerprint density at radius 2 is 2.06 bits per heavy atom. The molecule has 0 saturated carbocycles. The summed E-state index contributed by atoms with van der Waals surface area (Å²) in [6.45, 7) is 6.21. The van der Waals surface area contributed by atoms with Crippen LogP contribution in [-0.4, -0.2) is 5.78 Å². The number of rotatable bonds is 6. The highest BCUT2D eigenvalue weighted by Gasteiger charge is 2.19. The minimum atomic E-state index is 0.120. The van der Waals surface area contributed by atoms with E-state index < -0.39 is 0 Å². The van der Waals surface area contributed by atoms with Crippen molar-refractivity contribution in [1.29, 1.82) is 0 Å². The maximum absolute atomic E-state index is 12.4. The van der Waals surface area contributed by atoms with Gasteiger partial charge in [-0.15, -0.1) is 0 Å². The molecule has 0 aliphatic rings. The lowest BCUT2D eigenvalue weighted by Gasteiger charge is -2.14. The lowest BCUT2D eigenvalue weighted by atomic mass is 9.90. The fraction of sp³-hybridized carbons (Fsp3) is 0.533. The van der Waals surface area contributed by atoms with Crippen LogP contribution in [0.5, 0.6) is 0 Å². The van der Waals surface area contributed by atoms with E-state index in [9.17, 15) is 4.79 Å². The van der Waals surface area contributed by atoms with Gasteiger partial charge in [0, 0.05) is 11.5 Å². The van der Waals surface area contributed by atoms with E-state index in [0.717, 1.165) is 31.2 Å². The lowest BCUT2D eigenvalue weighted by Crippen LogP contribution is -2.14. The number of carbonyl (C=O) groups excluding carboxylic acids is 1. The lowest BCUT2D eigenvalue weighted by molar-refractivity contribution is 0.0908. The SMILES string of the molecule is CCCCC(CC)C(=O)c1cc(C)ccc1Cl. The van der Waals surface area contributed by atoms with Crippen LogP contribution < -0.4 is 0 Å². The Morgan fingerprint density at radius 3 is 2.65 bits per heavy atom. The van der Waals surface area contributed by atoms with Gasteiger partial charge in [-0.3, -0.25) is 4.79 Å². The van der Waals surface area contributed by atoms with Crippen molar-refractivity contribution in [1.82, 2.24) is 0 Å². The van der Waals surface area contributed by atoms with Gasteiger partial charge in [0.15, 0.2) is 5.78 Å². The summed E-state index contributed by atoms with van der Waals surface area (Å²) in [7, 11) is 0. The molecule has 0 N–H and O–H groups in total. The quantitative estimate of drug-likeness (QED) is 0.648. The minimum absolute atomic E-state index is 0.120. The van der Waals surface area contributed by atoms with Gasteiger partial charge in [-0.05, 0) is 31.9 Å². The molecule has 0 amide bonds. The molecule has 0 heterocycles. The number of hydrogen-bond acceptors (Lipinski definition) is 1. The van der Waals surface area contributed by atoms with Crippen molar-refractivity contribution >= 4 is 17.4 Å². The second-order valence-corrected chi connectivity index (χ2v) is 5.00. The zero-order chi connectivity index (χ0) is 12.8. The van der Waals surface area contributed by atoms with Gasteiger partial charge in [0.05, 0.1) is 5.02 Å². The van der Waals surface area contributed by atoms with E-state index in [4.69, 9.17) is 11.6 Å². The second kappa shape index (κ2) is 6.80. The van der Waals surface area contributed by atoms with Gasteiger partial charge in [-0.25, -0.2) is 0 Å². The number of hydrogen-bond donors (Lipinski definition) is 0. The molecule has 0 aliphatic carbocycles. The summed E-state index contributed by atoms with van der Waals surface area (Å²) >= 11 is 6.11. The van der Waals surface area contributed by atoms with Crippen molar-refractivity contribution < 1.29 is 4.79 Å². The fourth-order valence-electron chi connectivity index (χ4n) is 2.02. The Hall–Kier alpha value is -0.820. The number of benzene rings is 1. The summed E-state index contributed by atoms with van der Waals surface area (Å²) in [6, 6.07) is 5.65. The molecule has 1 atom stereocenters. The average Bonchev–Trinajstić information content (AvgIpc) is 2.33. The van der Waals surface area contributed by atoms with E-state index in [-0.39, 0.29) is 11.7 Å². The molecule has 1 rings (SSSR count). The van der Waals surface area contributed by atoms with E-state index >= 15 is 0 Å². The zero-order valence-electron chi connectivity index (χ0n) is 10.9. The smallest absolute Gasteiger partial charge is 0.167 e. The van der Waals surface area contributed by atoms with Crippen LogP contribution in [0.15, 0.2) is 18.2 Å². The first kappa shape index (κ1) is 14.2. The predicted octanol–water partition coefficient (Wildman–Crippen LogP) is 5.05. The van der Waals surface area contributed by atoms with Gasteiger partial charge < -0.3 is 0 Å². The first-order chi connectivity index (χ1) is 8.10. The van der Waals surface area contributed by atoms with Crippen LogP contribution >= 0.6 is 11.6 Å². The van der Waals surface area contributed by atoms with Crippen molar-refractivity contribution in [3.8, 4) is 0 Å². The Bertz CT molecular complexity index is 385. The van der Waals surface area contributed by atoms with Crippen LogP contribution in [0, 0.1) is 12.8 Å². The summed E-state index contributed by atoms with van der Waals surface area (Å²) in [6.07, 6.45) is 4.10. The molecule has 0 aromatic heterocycles. The normalized spacial score (nSPS) is 12.5. The topological polar surface area (TPSA) is 17.1 Å². The summed E-state index contributed by atoms with van der Waals surface area (Å²) in [5, 5.41) is 0.579. The van der Waals surface area contributed by atoms with E-state index in [1.54, 1.807) is 0 Å². The number of Topliss-reactive ketones (excluding diaryl/α,β-unsaturated/α-hetero) is 1. The van der Waals surface area contributed by atoms with Crippen LogP contribution in [0.1, 0.15) is 55.5 Å². The van der Waals surface area contributed by atoms with E-state index in [2.05, 4.69) is 13.8 Å². The van der Waals surface area contributed by atoms with Crippen molar-refractivity contribution in [2.75, 3.05) is 0 Å². The Kier molecular flexibility index (Phi) is 5.70. The number of carbonyl (C=O) groups is 1. The van der Waals surface area contributed by atoms with Gasteiger partial charge in [-0.2, -0.15) is 0 Å². The first-order valence-corrected chi connectivity index (χ1v) is 6.78. The molecule has 2 heteroatoms. The molecule has 17 heavy (non-hydrogen) atoms. The molecule has 94 valence electrons. The summed E-state index contributed by atoms with van der Waals surface area (Å²) in [5.41, 5.74) is 1.78. The van der Waals surface area contributed by atoms with E-state index in [1.165, 1.54) is 0 Å². The maximum atomic E-state index is 12.4. The molecule has 0 saturated heterocycles.